The van der Waals surface area contributed by atoms with Gasteiger partial charge in [0.15, 0.2) is 5.78 Å². The Labute approximate surface area is 118 Å². The predicted molar refractivity (Wildman–Crippen MR) is 80.2 cm³/mol. The van der Waals surface area contributed by atoms with Crippen LogP contribution in [0.25, 0.3) is 0 Å². The molecule has 1 aliphatic rings. The summed E-state index contributed by atoms with van der Waals surface area (Å²) in [6, 6.07) is 5.73. The van der Waals surface area contributed by atoms with Crippen LogP contribution in [-0.4, -0.2) is 29.4 Å². The molecule has 1 aromatic carbocycles. The number of nitrogens with zero attached hydrogens (tertiary/aromatic N) is 1. The summed E-state index contributed by atoms with van der Waals surface area (Å²) in [7, 11) is 0. The van der Waals surface area contributed by atoms with Crippen LogP contribution in [-0.2, 0) is 0 Å². The minimum atomic E-state index is 0.0149. The largest absolute Gasteiger partial charge is 0.369 e. The van der Waals surface area contributed by atoms with E-state index >= 15 is 0 Å². The molecule has 1 aliphatic heterocycles. The van der Waals surface area contributed by atoms with E-state index in [-0.39, 0.29) is 10.5 Å². The number of thioether (sulfide) groups is 1. The molecule has 0 N–H and O–H groups in total. The molecule has 4 heteroatoms. The summed E-state index contributed by atoms with van der Waals surface area (Å²) in [6.07, 6.45) is 0. The SMILES string of the molecule is CC(=O)c1ccc(N2CCSC(C)(C)C2)cc1Cl. The Morgan fingerprint density at radius 3 is 2.72 bits per heavy atom. The van der Waals surface area contributed by atoms with E-state index < -0.39 is 0 Å². The lowest BCUT2D eigenvalue weighted by molar-refractivity contribution is 0.101. The molecule has 2 nitrogen and oxygen atoms in total. The molecule has 1 aromatic rings. The first kappa shape index (κ1) is 13.8. The van der Waals surface area contributed by atoms with Gasteiger partial charge in [0.05, 0.1) is 5.02 Å². The van der Waals surface area contributed by atoms with Crippen LogP contribution in [0.15, 0.2) is 18.2 Å². The Bertz CT molecular complexity index is 473. The van der Waals surface area contributed by atoms with Crippen LogP contribution < -0.4 is 4.90 Å². The molecule has 0 spiro atoms. The van der Waals surface area contributed by atoms with Crippen molar-refractivity contribution < 1.29 is 4.79 Å². The summed E-state index contributed by atoms with van der Waals surface area (Å²) in [5.41, 5.74) is 1.71. The van der Waals surface area contributed by atoms with Gasteiger partial charge in [0.25, 0.3) is 0 Å². The van der Waals surface area contributed by atoms with Crippen LogP contribution >= 0.6 is 23.4 Å². The van der Waals surface area contributed by atoms with E-state index in [1.54, 1.807) is 6.92 Å². The van der Waals surface area contributed by atoms with E-state index in [2.05, 4.69) is 18.7 Å². The lowest BCUT2D eigenvalue weighted by Gasteiger charge is -2.39. The Kier molecular flexibility index (Phi) is 3.93. The van der Waals surface area contributed by atoms with Gasteiger partial charge >= 0.3 is 0 Å². The molecule has 98 valence electrons. The highest BCUT2D eigenvalue weighted by Crippen LogP contribution is 2.33. The van der Waals surface area contributed by atoms with Crippen molar-refractivity contribution in [2.45, 2.75) is 25.5 Å². The fraction of sp³-hybridized carbons (Fsp3) is 0.500. The molecule has 0 amide bonds. The maximum Gasteiger partial charge on any atom is 0.161 e. The molecule has 0 saturated carbocycles. The van der Waals surface area contributed by atoms with Gasteiger partial charge in [-0.3, -0.25) is 4.79 Å². The Balaban J connectivity index is 2.24. The van der Waals surface area contributed by atoms with E-state index in [9.17, 15) is 4.79 Å². The summed E-state index contributed by atoms with van der Waals surface area (Å²) in [5.74, 6) is 1.14. The van der Waals surface area contributed by atoms with Crippen molar-refractivity contribution in [3.63, 3.8) is 0 Å². The number of halogens is 1. The van der Waals surface area contributed by atoms with Crippen molar-refractivity contribution in [3.05, 3.63) is 28.8 Å². The van der Waals surface area contributed by atoms with Gasteiger partial charge in [-0.05, 0) is 39.0 Å². The summed E-state index contributed by atoms with van der Waals surface area (Å²) >= 11 is 8.16. The van der Waals surface area contributed by atoms with Crippen LogP contribution in [0, 0.1) is 0 Å². The van der Waals surface area contributed by atoms with Gasteiger partial charge in [-0.1, -0.05) is 11.6 Å². The monoisotopic (exact) mass is 283 g/mol. The molecule has 0 atom stereocenters. The molecule has 0 bridgehead atoms. The minimum Gasteiger partial charge on any atom is -0.369 e. The Morgan fingerprint density at radius 1 is 1.44 bits per heavy atom. The lowest BCUT2D eigenvalue weighted by Crippen LogP contribution is -2.43. The van der Waals surface area contributed by atoms with Crippen molar-refractivity contribution in [1.29, 1.82) is 0 Å². The van der Waals surface area contributed by atoms with E-state index in [0.29, 0.717) is 10.6 Å². The topological polar surface area (TPSA) is 20.3 Å². The second-order valence-electron chi connectivity index (χ2n) is 5.25. The molecular weight excluding hydrogens is 266 g/mol. The van der Waals surface area contributed by atoms with Crippen molar-refractivity contribution in [2.75, 3.05) is 23.7 Å². The van der Waals surface area contributed by atoms with Gasteiger partial charge in [0.2, 0.25) is 0 Å². The van der Waals surface area contributed by atoms with Gasteiger partial charge < -0.3 is 4.90 Å². The zero-order valence-electron chi connectivity index (χ0n) is 11.0. The average molecular weight is 284 g/mol. The number of hydrogen-bond donors (Lipinski definition) is 0. The molecule has 1 saturated heterocycles. The number of ketones is 1. The van der Waals surface area contributed by atoms with Gasteiger partial charge in [-0.15, -0.1) is 0 Å². The van der Waals surface area contributed by atoms with Crippen LogP contribution in [0.2, 0.25) is 5.02 Å². The minimum absolute atomic E-state index is 0.0149. The number of hydrogen-bond acceptors (Lipinski definition) is 3. The number of Topliss-reactive ketones (excluding diaryl/α,β-unsaturated/α-hetero) is 1. The van der Waals surface area contributed by atoms with Crippen LogP contribution in [0.1, 0.15) is 31.1 Å². The maximum absolute atomic E-state index is 11.4. The average Bonchev–Trinajstić information content (AvgIpc) is 2.27. The quantitative estimate of drug-likeness (QED) is 0.769. The van der Waals surface area contributed by atoms with E-state index in [1.165, 1.54) is 0 Å². The highest BCUT2D eigenvalue weighted by atomic mass is 35.5. The Morgan fingerprint density at radius 2 is 2.17 bits per heavy atom. The van der Waals surface area contributed by atoms with E-state index in [1.807, 2.05) is 30.0 Å². The van der Waals surface area contributed by atoms with Gasteiger partial charge in [-0.25, -0.2) is 0 Å². The van der Waals surface area contributed by atoms with Crippen molar-refractivity contribution in [1.82, 2.24) is 0 Å². The normalized spacial score (nSPS) is 18.8. The first-order chi connectivity index (χ1) is 8.39. The predicted octanol–water partition coefficient (Wildman–Crippen LogP) is 3.87. The van der Waals surface area contributed by atoms with Crippen LogP contribution in [0.4, 0.5) is 5.69 Å². The van der Waals surface area contributed by atoms with Gasteiger partial charge in [0.1, 0.15) is 0 Å². The lowest BCUT2D eigenvalue weighted by atomic mass is 10.1. The third-order valence-corrected chi connectivity index (χ3v) is 4.73. The number of anilines is 1. The molecule has 1 fully saturated rings. The van der Waals surface area contributed by atoms with E-state index in [4.69, 9.17) is 11.6 Å². The molecule has 2 rings (SSSR count). The molecule has 0 aromatic heterocycles. The van der Waals surface area contributed by atoms with Gasteiger partial charge in [-0.2, -0.15) is 11.8 Å². The molecule has 18 heavy (non-hydrogen) atoms. The summed E-state index contributed by atoms with van der Waals surface area (Å²) in [6.45, 7) is 8.10. The molecular formula is C14H18ClNOS. The number of benzene rings is 1. The second-order valence-corrected chi connectivity index (χ2v) is 7.46. The standard InChI is InChI=1S/C14H18ClNOS/c1-10(17)12-5-4-11(8-13(12)15)16-6-7-18-14(2,3)9-16/h4-5,8H,6-7,9H2,1-3H3. The van der Waals surface area contributed by atoms with E-state index in [0.717, 1.165) is 24.5 Å². The smallest absolute Gasteiger partial charge is 0.161 e. The van der Waals surface area contributed by atoms with Crippen molar-refractivity contribution >= 4 is 34.8 Å². The zero-order valence-corrected chi connectivity index (χ0v) is 12.6. The first-order valence-electron chi connectivity index (χ1n) is 6.08. The number of rotatable bonds is 2. The third-order valence-electron chi connectivity index (χ3n) is 3.12. The number of carbonyl (C=O) groups excluding carboxylic acids is 1. The third kappa shape index (κ3) is 3.01. The summed E-state index contributed by atoms with van der Waals surface area (Å²) < 4.78 is 0.268. The first-order valence-corrected chi connectivity index (χ1v) is 7.45. The highest BCUT2D eigenvalue weighted by molar-refractivity contribution is 8.00. The Hall–Kier alpha value is -0.670. The molecule has 0 aliphatic carbocycles. The summed E-state index contributed by atoms with van der Waals surface area (Å²) in [4.78, 5) is 13.7. The fourth-order valence-corrected chi connectivity index (χ4v) is 3.64. The molecule has 1 heterocycles. The van der Waals surface area contributed by atoms with Gasteiger partial charge in [0, 0.05) is 34.8 Å². The molecule has 0 radical (unpaired) electrons. The summed E-state index contributed by atoms with van der Waals surface area (Å²) in [5, 5.41) is 0.552. The second kappa shape index (κ2) is 5.14. The molecule has 0 unspecified atom stereocenters. The number of carbonyl (C=O) groups is 1. The zero-order chi connectivity index (χ0) is 13.3. The fourth-order valence-electron chi connectivity index (χ4n) is 2.22. The van der Waals surface area contributed by atoms with Crippen LogP contribution in [0.3, 0.4) is 0 Å². The van der Waals surface area contributed by atoms with Crippen molar-refractivity contribution in [3.8, 4) is 0 Å². The maximum atomic E-state index is 11.4. The van der Waals surface area contributed by atoms with Crippen molar-refractivity contribution in [2.24, 2.45) is 0 Å². The highest BCUT2D eigenvalue weighted by Gasteiger charge is 2.27. The van der Waals surface area contributed by atoms with Crippen LogP contribution in [0.5, 0.6) is 0 Å².